The summed E-state index contributed by atoms with van der Waals surface area (Å²) in [5.74, 6) is -1.05. The average Bonchev–Trinajstić information content (AvgIpc) is 3.01. The molecule has 0 aliphatic heterocycles. The number of carboxylic acids is 1. The van der Waals surface area contributed by atoms with E-state index in [1.807, 2.05) is 0 Å². The normalized spacial score (nSPS) is 40.7. The molecule has 0 radical (unpaired) electrons. The highest BCUT2D eigenvalue weighted by atomic mass is 16.5. The predicted octanol–water partition coefficient (Wildman–Crippen LogP) is 7.33. The molecule has 2 N–H and O–H groups in total. The van der Waals surface area contributed by atoms with Gasteiger partial charge >= 0.3 is 11.9 Å². The highest BCUT2D eigenvalue weighted by Gasteiger charge is 2.66. The number of hydrogen-bond donors (Lipinski definition) is 2. The van der Waals surface area contributed by atoms with Crippen LogP contribution in [0.4, 0.5) is 0 Å². The van der Waals surface area contributed by atoms with Gasteiger partial charge in [0, 0.05) is 18.3 Å². The molecule has 0 aromatic heterocycles. The fraction of sp³-hybridized carbons (Fsp3) is 0.818. The monoisotopic (exact) mass is 528 g/mol. The summed E-state index contributed by atoms with van der Waals surface area (Å²) >= 11 is 0. The number of fused-ring (bicyclic) bond motifs is 4. The molecular weight excluding hydrogens is 476 g/mol. The molecule has 0 aromatic rings. The molecule has 0 amide bonds. The van der Waals surface area contributed by atoms with E-state index in [0.717, 1.165) is 44.1 Å². The molecule has 2 saturated carbocycles. The maximum Gasteiger partial charge on any atom is 0.306 e. The zero-order chi connectivity index (χ0) is 28.4. The van der Waals surface area contributed by atoms with Crippen molar-refractivity contribution in [3.05, 3.63) is 23.3 Å². The molecule has 8 atom stereocenters. The van der Waals surface area contributed by atoms with Crippen molar-refractivity contribution in [3.63, 3.8) is 0 Å². The highest BCUT2D eigenvalue weighted by Crippen LogP contribution is 2.72. The summed E-state index contributed by atoms with van der Waals surface area (Å²) < 4.78 is 5.82. The summed E-state index contributed by atoms with van der Waals surface area (Å²) in [6, 6.07) is 0. The SMILES string of the molecule is C=C(CCC(C(=O)O)[C@H]1[C@H](O)C[C@@]2(C)C3=C(CC[C@]12C)[C@@]1(C)CC[C@H](OC(C)=O)C(C)(C)[C@@H]1CC3)C(C)C. The zero-order valence-corrected chi connectivity index (χ0v) is 25.2. The molecule has 4 aliphatic carbocycles. The van der Waals surface area contributed by atoms with Gasteiger partial charge in [-0.3, -0.25) is 9.59 Å². The quantitative estimate of drug-likeness (QED) is 0.267. The van der Waals surface area contributed by atoms with Gasteiger partial charge in [0.1, 0.15) is 6.10 Å². The smallest absolute Gasteiger partial charge is 0.306 e. The second-order valence-electron chi connectivity index (χ2n) is 14.8. The Balaban J connectivity index is 1.69. The Morgan fingerprint density at radius 1 is 1.05 bits per heavy atom. The van der Waals surface area contributed by atoms with Crippen molar-refractivity contribution in [2.24, 2.45) is 45.3 Å². The van der Waals surface area contributed by atoms with E-state index in [1.165, 1.54) is 12.5 Å². The van der Waals surface area contributed by atoms with Crippen molar-refractivity contribution in [2.75, 3.05) is 0 Å². The molecule has 0 saturated heterocycles. The minimum atomic E-state index is -0.780. The first kappa shape index (κ1) is 29.4. The third-order valence-electron chi connectivity index (χ3n) is 12.4. The fourth-order valence-corrected chi connectivity index (χ4v) is 9.98. The van der Waals surface area contributed by atoms with Crippen molar-refractivity contribution >= 4 is 11.9 Å². The summed E-state index contributed by atoms with van der Waals surface area (Å²) in [5, 5.41) is 22.0. The fourth-order valence-electron chi connectivity index (χ4n) is 9.98. The van der Waals surface area contributed by atoms with E-state index in [1.54, 1.807) is 5.57 Å². The van der Waals surface area contributed by atoms with Crippen LogP contribution in [0.15, 0.2) is 23.3 Å². The molecule has 4 aliphatic rings. The molecule has 0 spiro atoms. The first-order valence-electron chi connectivity index (χ1n) is 15.0. The van der Waals surface area contributed by atoms with Gasteiger partial charge in [-0.25, -0.2) is 0 Å². The van der Waals surface area contributed by atoms with Gasteiger partial charge in [0.05, 0.1) is 12.0 Å². The van der Waals surface area contributed by atoms with E-state index in [9.17, 15) is 19.8 Å². The van der Waals surface area contributed by atoms with Crippen LogP contribution < -0.4 is 0 Å². The third-order valence-corrected chi connectivity index (χ3v) is 12.4. The molecule has 214 valence electrons. The van der Waals surface area contributed by atoms with Crippen molar-refractivity contribution in [1.29, 1.82) is 0 Å². The molecule has 5 nitrogen and oxygen atoms in total. The average molecular weight is 529 g/mol. The largest absolute Gasteiger partial charge is 0.481 e. The third kappa shape index (κ3) is 4.30. The standard InChI is InChI=1S/C33H52O5/c1-19(2)20(3)10-11-22(29(36)37)28-25(35)18-33(9)24-12-13-26-30(5,6)27(38-21(4)34)15-16-31(26,7)23(24)14-17-32(28,33)8/h19,22,25-28,35H,3,10-18H2,1-2,4-9H3,(H,36,37)/t22?,25-,26+,27+,28+,31-,32-,33+/m1/s1. The molecule has 5 heteroatoms. The van der Waals surface area contributed by atoms with Crippen molar-refractivity contribution < 1.29 is 24.5 Å². The molecular formula is C33H52O5. The molecule has 4 rings (SSSR count). The highest BCUT2D eigenvalue weighted by molar-refractivity contribution is 5.71. The van der Waals surface area contributed by atoms with Gasteiger partial charge in [-0.1, -0.05) is 71.8 Å². The minimum absolute atomic E-state index is 0.0440. The van der Waals surface area contributed by atoms with Crippen molar-refractivity contribution in [1.82, 2.24) is 0 Å². The Morgan fingerprint density at radius 2 is 1.71 bits per heavy atom. The topological polar surface area (TPSA) is 83.8 Å². The zero-order valence-electron chi connectivity index (χ0n) is 25.2. The number of allylic oxidation sites excluding steroid dienone is 3. The van der Waals surface area contributed by atoms with E-state index < -0.39 is 18.0 Å². The summed E-state index contributed by atoms with van der Waals surface area (Å²) in [5.41, 5.74) is 3.62. The number of carboxylic acid groups (broad SMARTS) is 1. The van der Waals surface area contributed by atoms with Gasteiger partial charge in [-0.15, -0.1) is 0 Å². The van der Waals surface area contributed by atoms with Crippen molar-refractivity contribution in [3.8, 4) is 0 Å². The molecule has 2 fully saturated rings. The van der Waals surface area contributed by atoms with Gasteiger partial charge in [0.25, 0.3) is 0 Å². The van der Waals surface area contributed by atoms with E-state index in [-0.39, 0.29) is 39.7 Å². The predicted molar refractivity (Wildman–Crippen MR) is 150 cm³/mol. The van der Waals surface area contributed by atoms with E-state index in [2.05, 4.69) is 55.0 Å². The lowest BCUT2D eigenvalue weighted by atomic mass is 9.43. The number of esters is 1. The Morgan fingerprint density at radius 3 is 2.29 bits per heavy atom. The summed E-state index contributed by atoms with van der Waals surface area (Å²) in [7, 11) is 0. The van der Waals surface area contributed by atoms with Gasteiger partial charge in [0.15, 0.2) is 0 Å². The van der Waals surface area contributed by atoms with Crippen LogP contribution in [0.3, 0.4) is 0 Å². The molecule has 0 heterocycles. The van der Waals surface area contributed by atoms with E-state index in [4.69, 9.17) is 4.74 Å². The number of hydrogen-bond acceptors (Lipinski definition) is 4. The Hall–Kier alpha value is -1.62. The molecule has 0 aromatic carbocycles. The van der Waals surface area contributed by atoms with Gasteiger partial charge in [-0.2, -0.15) is 0 Å². The van der Waals surface area contributed by atoms with Crippen LogP contribution in [0.2, 0.25) is 0 Å². The lowest BCUT2D eigenvalue weighted by molar-refractivity contribution is -0.167. The van der Waals surface area contributed by atoms with Crippen LogP contribution in [-0.2, 0) is 14.3 Å². The lowest BCUT2D eigenvalue weighted by Gasteiger charge is -2.62. The summed E-state index contributed by atoms with van der Waals surface area (Å²) in [6.07, 6.45) is 6.98. The number of rotatable bonds is 7. The second kappa shape index (κ2) is 9.78. The van der Waals surface area contributed by atoms with E-state index in [0.29, 0.717) is 31.1 Å². The number of aliphatic hydroxyl groups is 1. The second-order valence-corrected chi connectivity index (χ2v) is 14.8. The number of aliphatic hydroxyl groups excluding tert-OH is 1. The number of ether oxygens (including phenoxy) is 1. The summed E-state index contributed by atoms with van der Waals surface area (Å²) in [4.78, 5) is 24.5. The molecule has 38 heavy (non-hydrogen) atoms. The molecule has 0 bridgehead atoms. The first-order chi connectivity index (χ1) is 17.5. The Kier molecular flexibility index (Phi) is 7.56. The van der Waals surface area contributed by atoms with Gasteiger partial charge in [-0.05, 0) is 85.9 Å². The van der Waals surface area contributed by atoms with Crippen LogP contribution in [0, 0.1) is 45.3 Å². The number of carbonyl (C=O) groups excluding carboxylic acids is 1. The van der Waals surface area contributed by atoms with Crippen LogP contribution in [-0.4, -0.2) is 34.4 Å². The van der Waals surface area contributed by atoms with Gasteiger partial charge in [0.2, 0.25) is 0 Å². The first-order valence-corrected chi connectivity index (χ1v) is 15.0. The number of aliphatic carboxylic acids is 1. The Labute approximate surface area is 230 Å². The van der Waals surface area contributed by atoms with E-state index >= 15 is 0 Å². The van der Waals surface area contributed by atoms with Crippen LogP contribution in [0.5, 0.6) is 0 Å². The maximum atomic E-state index is 12.6. The lowest BCUT2D eigenvalue weighted by Crippen LogP contribution is -2.56. The maximum absolute atomic E-state index is 12.6. The molecule has 1 unspecified atom stereocenters. The van der Waals surface area contributed by atoms with Crippen LogP contribution >= 0.6 is 0 Å². The number of carbonyl (C=O) groups is 2. The van der Waals surface area contributed by atoms with Gasteiger partial charge < -0.3 is 14.9 Å². The Bertz CT molecular complexity index is 1020. The minimum Gasteiger partial charge on any atom is -0.481 e. The van der Waals surface area contributed by atoms with Crippen molar-refractivity contribution in [2.45, 2.75) is 125 Å². The van der Waals surface area contributed by atoms with Crippen LogP contribution in [0.1, 0.15) is 113 Å². The summed E-state index contributed by atoms with van der Waals surface area (Å²) in [6.45, 7) is 21.5. The van der Waals surface area contributed by atoms with Crippen LogP contribution in [0.25, 0.3) is 0 Å².